The van der Waals surface area contributed by atoms with E-state index in [4.69, 9.17) is 11.6 Å². The summed E-state index contributed by atoms with van der Waals surface area (Å²) in [5.74, 6) is 5.06. The minimum absolute atomic E-state index is 0.133. The molecule has 0 heterocycles. The molecule has 4 N–H and O–H groups in total. The van der Waals surface area contributed by atoms with Gasteiger partial charge in [-0.1, -0.05) is 25.1 Å². The molecular weight excluding hydrogens is 210 g/mol. The van der Waals surface area contributed by atoms with E-state index in [0.717, 1.165) is 17.0 Å². The van der Waals surface area contributed by atoms with Gasteiger partial charge in [-0.2, -0.15) is 0 Å². The average Bonchev–Trinajstić information content (AvgIpc) is 2.26. The van der Waals surface area contributed by atoms with Gasteiger partial charge in [0, 0.05) is 5.56 Å². The molecule has 4 nitrogen and oxygen atoms in total. The Labute approximate surface area is 93.8 Å². The molecule has 0 aliphatic rings. The van der Waals surface area contributed by atoms with Crippen LogP contribution in [0, 0.1) is 0 Å². The largest absolute Gasteiger partial charge is 0.375 e. The number of rotatable bonds is 2. The van der Waals surface area contributed by atoms with Gasteiger partial charge in [-0.05, 0) is 30.3 Å². The number of benzene rings is 1. The minimum Gasteiger partial charge on any atom is -0.375 e. The van der Waals surface area contributed by atoms with E-state index < -0.39 is 0 Å². The fourth-order valence-electron chi connectivity index (χ4n) is 1.27. The van der Waals surface area contributed by atoms with Crippen molar-refractivity contribution in [2.45, 2.75) is 13.3 Å². The van der Waals surface area contributed by atoms with Crippen molar-refractivity contribution >= 4 is 23.2 Å². The maximum absolute atomic E-state index is 11.8. The summed E-state index contributed by atoms with van der Waals surface area (Å²) in [7, 11) is 0. The molecule has 1 aromatic rings. The minimum atomic E-state index is -0.375. The Bertz CT molecular complexity index is 392. The van der Waals surface area contributed by atoms with Gasteiger partial charge >= 0.3 is 0 Å². The Hall–Kier alpha value is -1.46. The topological polar surface area (TPSA) is 72.3 Å². The van der Waals surface area contributed by atoms with Crippen LogP contribution in [-0.2, 0) is 6.42 Å². The lowest BCUT2D eigenvalue weighted by Gasteiger charge is -2.15. The second kappa shape index (κ2) is 4.86. The molecule has 0 aliphatic heterocycles. The molecule has 0 saturated heterocycles. The number of nitrogens with two attached hydrogens (primary N) is 2. The second-order valence-corrected chi connectivity index (χ2v) is 3.44. The van der Waals surface area contributed by atoms with Crippen molar-refractivity contribution in [1.82, 2.24) is 5.01 Å². The lowest BCUT2D eigenvalue weighted by molar-refractivity contribution is 0.0847. The summed E-state index contributed by atoms with van der Waals surface area (Å²) in [5, 5.41) is 0.648. The van der Waals surface area contributed by atoms with Gasteiger partial charge in [0.05, 0.1) is 0 Å². The number of hydrogen-bond donors (Lipinski definition) is 2. The van der Waals surface area contributed by atoms with Crippen LogP contribution in [0.1, 0.15) is 22.8 Å². The number of hydrogen-bond acceptors (Lipinski definition) is 3. The lowest BCUT2D eigenvalue weighted by Crippen LogP contribution is -2.45. The Morgan fingerprint density at radius 1 is 1.47 bits per heavy atom. The number of carbonyl (C=O) groups is 1. The molecule has 1 aromatic carbocycles. The molecule has 80 valence electrons. The van der Waals surface area contributed by atoms with E-state index in [9.17, 15) is 4.79 Å². The molecule has 0 aliphatic carbocycles. The lowest BCUT2D eigenvalue weighted by atomic mass is 10.0. The molecule has 1 rings (SSSR count). The van der Waals surface area contributed by atoms with Crippen LogP contribution in [0.3, 0.4) is 0 Å². The first-order valence-electron chi connectivity index (χ1n) is 4.54. The van der Waals surface area contributed by atoms with Gasteiger partial charge in [0.2, 0.25) is 0 Å². The summed E-state index contributed by atoms with van der Waals surface area (Å²) < 4.78 is 0. The Morgan fingerprint density at radius 2 is 2.07 bits per heavy atom. The van der Waals surface area contributed by atoms with Crippen molar-refractivity contribution in [3.63, 3.8) is 0 Å². The van der Waals surface area contributed by atoms with Gasteiger partial charge in [-0.15, -0.1) is 0 Å². The summed E-state index contributed by atoms with van der Waals surface area (Å²) in [4.78, 5) is 11.8. The number of amides is 1. The molecule has 1 amide bonds. The Balaban J connectivity index is 3.05. The second-order valence-electron chi connectivity index (χ2n) is 3.02. The van der Waals surface area contributed by atoms with E-state index in [1.807, 2.05) is 19.1 Å². The SMILES string of the molecule is CCc1ccccc1C(=O)N(N)C(N)=S. The normalized spacial score (nSPS) is 9.73. The number of thiocarbonyl (C=S) groups is 1. The first-order valence-corrected chi connectivity index (χ1v) is 4.95. The van der Waals surface area contributed by atoms with Crippen LogP contribution >= 0.6 is 12.2 Å². The van der Waals surface area contributed by atoms with Crippen LogP contribution in [0.4, 0.5) is 0 Å². The number of carbonyl (C=O) groups excluding carboxylic acids is 1. The Kier molecular flexibility index (Phi) is 3.76. The van der Waals surface area contributed by atoms with Crippen molar-refractivity contribution in [2.75, 3.05) is 0 Å². The van der Waals surface area contributed by atoms with Gasteiger partial charge in [0.25, 0.3) is 5.91 Å². The van der Waals surface area contributed by atoms with Crippen LogP contribution < -0.4 is 11.6 Å². The molecule has 0 fully saturated rings. The highest BCUT2D eigenvalue weighted by atomic mass is 32.1. The molecule has 0 atom stereocenters. The highest BCUT2D eigenvalue weighted by Crippen LogP contribution is 2.10. The van der Waals surface area contributed by atoms with Crippen LogP contribution in [-0.4, -0.2) is 16.0 Å². The van der Waals surface area contributed by atoms with Gasteiger partial charge in [0.15, 0.2) is 5.11 Å². The fourth-order valence-corrected chi connectivity index (χ4v) is 1.35. The highest BCUT2D eigenvalue weighted by Gasteiger charge is 2.16. The molecule has 0 aromatic heterocycles. The summed E-state index contributed by atoms with van der Waals surface area (Å²) in [6.07, 6.45) is 0.757. The molecule has 0 spiro atoms. The van der Waals surface area contributed by atoms with Crippen LogP contribution in [0.2, 0.25) is 0 Å². The first kappa shape index (κ1) is 11.6. The van der Waals surface area contributed by atoms with E-state index >= 15 is 0 Å². The van der Waals surface area contributed by atoms with Crippen molar-refractivity contribution in [1.29, 1.82) is 0 Å². The van der Waals surface area contributed by atoms with E-state index in [-0.39, 0.29) is 11.0 Å². The van der Waals surface area contributed by atoms with Gasteiger partial charge in [-0.3, -0.25) is 4.79 Å². The zero-order valence-electron chi connectivity index (χ0n) is 8.43. The zero-order chi connectivity index (χ0) is 11.4. The monoisotopic (exact) mass is 223 g/mol. The molecule has 15 heavy (non-hydrogen) atoms. The molecule has 0 bridgehead atoms. The quantitative estimate of drug-likeness (QED) is 0.337. The smallest absolute Gasteiger partial charge is 0.274 e. The molecule has 0 unspecified atom stereocenters. The van der Waals surface area contributed by atoms with Crippen molar-refractivity contribution in [3.8, 4) is 0 Å². The maximum Gasteiger partial charge on any atom is 0.274 e. The van der Waals surface area contributed by atoms with Gasteiger partial charge in [0.1, 0.15) is 0 Å². The fraction of sp³-hybridized carbons (Fsp3) is 0.200. The highest BCUT2D eigenvalue weighted by molar-refractivity contribution is 7.80. The van der Waals surface area contributed by atoms with E-state index in [0.29, 0.717) is 5.56 Å². The molecular formula is C10H13N3OS. The molecule has 0 saturated carbocycles. The zero-order valence-corrected chi connectivity index (χ0v) is 9.25. The summed E-state index contributed by atoms with van der Waals surface area (Å²) in [6.45, 7) is 1.97. The van der Waals surface area contributed by atoms with E-state index in [2.05, 4.69) is 12.2 Å². The van der Waals surface area contributed by atoms with Crippen molar-refractivity contribution in [3.05, 3.63) is 35.4 Å². The van der Waals surface area contributed by atoms with Crippen LogP contribution in [0.15, 0.2) is 24.3 Å². The van der Waals surface area contributed by atoms with E-state index in [1.54, 1.807) is 12.1 Å². The van der Waals surface area contributed by atoms with Gasteiger partial charge < -0.3 is 5.73 Å². The van der Waals surface area contributed by atoms with Crippen LogP contribution in [0.25, 0.3) is 0 Å². The predicted octanol–water partition coefficient (Wildman–Crippen LogP) is 0.809. The molecule has 5 heteroatoms. The third kappa shape index (κ3) is 2.51. The maximum atomic E-state index is 11.8. The Morgan fingerprint density at radius 3 is 2.60 bits per heavy atom. The third-order valence-electron chi connectivity index (χ3n) is 2.08. The van der Waals surface area contributed by atoms with Crippen molar-refractivity contribution in [2.24, 2.45) is 11.6 Å². The first-order chi connectivity index (χ1) is 7.07. The predicted molar refractivity (Wildman–Crippen MR) is 63.0 cm³/mol. The van der Waals surface area contributed by atoms with E-state index in [1.165, 1.54) is 0 Å². The molecule has 0 radical (unpaired) electrons. The number of nitrogens with zero attached hydrogens (tertiary/aromatic N) is 1. The summed E-state index contributed by atoms with van der Waals surface area (Å²) in [5.41, 5.74) is 6.74. The third-order valence-corrected chi connectivity index (χ3v) is 2.28. The summed E-state index contributed by atoms with van der Waals surface area (Å²) >= 11 is 4.63. The standard InChI is InChI=1S/C10H13N3OS/c1-2-7-5-3-4-6-8(7)9(14)13(12)10(11)15/h3-6H,2,12H2,1H3,(H2,11,15). The number of aryl methyl sites for hydroxylation is 1. The summed E-state index contributed by atoms with van der Waals surface area (Å²) in [6, 6.07) is 7.23. The number of hydrazine groups is 1. The van der Waals surface area contributed by atoms with Crippen LogP contribution in [0.5, 0.6) is 0 Å². The van der Waals surface area contributed by atoms with Crippen molar-refractivity contribution < 1.29 is 4.79 Å². The van der Waals surface area contributed by atoms with Gasteiger partial charge in [-0.25, -0.2) is 10.9 Å². The average molecular weight is 223 g/mol.